The highest BCUT2D eigenvalue weighted by atomic mass is 35.5. The molecule has 0 aliphatic heterocycles. The van der Waals surface area contributed by atoms with E-state index < -0.39 is 16.4 Å². The van der Waals surface area contributed by atoms with Gasteiger partial charge in [-0.15, -0.1) is 12.4 Å². The average Bonchev–Trinajstić information content (AvgIpc) is 2.94. The fourth-order valence-electron chi connectivity index (χ4n) is 1.26. The summed E-state index contributed by atoms with van der Waals surface area (Å²) in [5.41, 5.74) is 4.94. The SMILES string of the molecule is Cl.NC1(COc2ccc([N+](=O)[O-])c(F)c2)CC1. The minimum absolute atomic E-state index is 0. The summed E-state index contributed by atoms with van der Waals surface area (Å²) in [4.78, 5) is 9.59. The zero-order valence-electron chi connectivity index (χ0n) is 8.89. The molecule has 0 aromatic heterocycles. The van der Waals surface area contributed by atoms with Gasteiger partial charge in [0.15, 0.2) is 0 Å². The Bertz CT molecular complexity index is 438. The Hall–Kier alpha value is -1.40. The van der Waals surface area contributed by atoms with Crippen LogP contribution in [0.25, 0.3) is 0 Å². The first-order valence-electron chi connectivity index (χ1n) is 4.86. The van der Waals surface area contributed by atoms with Crippen LogP contribution in [0.3, 0.4) is 0 Å². The maximum Gasteiger partial charge on any atom is 0.305 e. The van der Waals surface area contributed by atoms with Gasteiger partial charge in [-0.1, -0.05) is 0 Å². The fraction of sp³-hybridized carbons (Fsp3) is 0.400. The topological polar surface area (TPSA) is 78.4 Å². The summed E-state index contributed by atoms with van der Waals surface area (Å²) >= 11 is 0. The number of nitro groups is 1. The molecule has 1 aromatic carbocycles. The van der Waals surface area contributed by atoms with Crippen molar-refractivity contribution in [2.24, 2.45) is 5.73 Å². The lowest BCUT2D eigenvalue weighted by molar-refractivity contribution is -0.387. The van der Waals surface area contributed by atoms with E-state index in [2.05, 4.69) is 0 Å². The summed E-state index contributed by atoms with van der Waals surface area (Å²) in [6.07, 6.45) is 1.78. The third-order valence-electron chi connectivity index (χ3n) is 2.53. The van der Waals surface area contributed by atoms with Crippen LogP contribution in [0.4, 0.5) is 10.1 Å². The summed E-state index contributed by atoms with van der Waals surface area (Å²) in [7, 11) is 0. The molecule has 0 spiro atoms. The molecule has 17 heavy (non-hydrogen) atoms. The number of ether oxygens (including phenoxy) is 1. The highest BCUT2D eigenvalue weighted by Crippen LogP contribution is 2.33. The van der Waals surface area contributed by atoms with E-state index in [-0.39, 0.29) is 23.7 Å². The smallest absolute Gasteiger partial charge is 0.305 e. The molecule has 5 nitrogen and oxygen atoms in total. The van der Waals surface area contributed by atoms with Crippen molar-refractivity contribution in [3.05, 3.63) is 34.1 Å². The highest BCUT2D eigenvalue weighted by molar-refractivity contribution is 5.85. The van der Waals surface area contributed by atoms with E-state index in [0.717, 1.165) is 25.0 Å². The number of nitro benzene ring substituents is 1. The molecule has 1 aliphatic rings. The number of nitrogens with zero attached hydrogens (tertiary/aromatic N) is 1. The second-order valence-corrected chi connectivity index (χ2v) is 4.02. The molecule has 1 aromatic rings. The standard InChI is InChI=1S/C10H11FN2O3.ClH/c11-8-5-7(1-2-9(8)13(14)15)16-6-10(12)3-4-10;/h1-2,5H,3-4,6,12H2;1H. The third-order valence-corrected chi connectivity index (χ3v) is 2.53. The molecule has 1 fully saturated rings. The van der Waals surface area contributed by atoms with E-state index in [1.165, 1.54) is 6.07 Å². The van der Waals surface area contributed by atoms with Gasteiger partial charge in [0.2, 0.25) is 5.82 Å². The molecular formula is C10H12ClFN2O3. The molecule has 0 heterocycles. The molecule has 0 saturated heterocycles. The Morgan fingerprint density at radius 2 is 2.18 bits per heavy atom. The lowest BCUT2D eigenvalue weighted by Gasteiger charge is -2.10. The number of halogens is 2. The normalized spacial score (nSPS) is 15.9. The van der Waals surface area contributed by atoms with Crippen molar-refractivity contribution in [3.63, 3.8) is 0 Å². The highest BCUT2D eigenvalue weighted by Gasteiger charge is 2.39. The Labute approximate surface area is 103 Å². The van der Waals surface area contributed by atoms with Crippen molar-refractivity contribution in [1.29, 1.82) is 0 Å². The van der Waals surface area contributed by atoms with E-state index in [9.17, 15) is 14.5 Å². The quantitative estimate of drug-likeness (QED) is 0.665. The lowest BCUT2D eigenvalue weighted by Crippen LogP contribution is -2.29. The summed E-state index contributed by atoms with van der Waals surface area (Å²) < 4.78 is 18.4. The zero-order chi connectivity index (χ0) is 11.8. The Balaban J connectivity index is 0.00000144. The van der Waals surface area contributed by atoms with Crippen molar-refractivity contribution in [2.75, 3.05) is 6.61 Å². The van der Waals surface area contributed by atoms with Gasteiger partial charge in [0.1, 0.15) is 12.4 Å². The van der Waals surface area contributed by atoms with Gasteiger partial charge in [-0.05, 0) is 18.9 Å². The van der Waals surface area contributed by atoms with Gasteiger partial charge in [-0.25, -0.2) is 0 Å². The largest absolute Gasteiger partial charge is 0.492 e. The van der Waals surface area contributed by atoms with Gasteiger partial charge < -0.3 is 10.5 Å². The Morgan fingerprint density at radius 3 is 2.65 bits per heavy atom. The molecule has 2 rings (SSSR count). The van der Waals surface area contributed by atoms with Gasteiger partial charge in [0, 0.05) is 12.1 Å². The summed E-state index contributed by atoms with van der Waals surface area (Å²) in [6.45, 7) is 0.310. The predicted octanol–water partition coefficient (Wildman–Crippen LogP) is 2.03. The van der Waals surface area contributed by atoms with E-state index in [1.54, 1.807) is 0 Å². The lowest BCUT2D eigenvalue weighted by atomic mass is 10.3. The molecule has 0 amide bonds. The van der Waals surface area contributed by atoms with Crippen LogP contribution in [0, 0.1) is 15.9 Å². The maximum absolute atomic E-state index is 13.2. The van der Waals surface area contributed by atoms with E-state index in [0.29, 0.717) is 6.61 Å². The van der Waals surface area contributed by atoms with Crippen molar-refractivity contribution in [3.8, 4) is 5.75 Å². The van der Waals surface area contributed by atoms with Gasteiger partial charge in [0.25, 0.3) is 0 Å². The molecule has 0 bridgehead atoms. The van der Waals surface area contributed by atoms with E-state index >= 15 is 0 Å². The predicted molar refractivity (Wildman–Crippen MR) is 61.9 cm³/mol. The van der Waals surface area contributed by atoms with Crippen LogP contribution in [0.1, 0.15) is 12.8 Å². The second kappa shape index (κ2) is 4.85. The third kappa shape index (κ3) is 3.28. The zero-order valence-corrected chi connectivity index (χ0v) is 9.71. The van der Waals surface area contributed by atoms with Crippen LogP contribution in [-0.2, 0) is 0 Å². The summed E-state index contributed by atoms with van der Waals surface area (Å²) in [5, 5.41) is 10.4. The molecular weight excluding hydrogens is 251 g/mol. The Kier molecular flexibility index (Phi) is 3.90. The average molecular weight is 263 g/mol. The fourth-order valence-corrected chi connectivity index (χ4v) is 1.26. The monoisotopic (exact) mass is 262 g/mol. The van der Waals surface area contributed by atoms with Crippen LogP contribution in [0.2, 0.25) is 0 Å². The van der Waals surface area contributed by atoms with Gasteiger partial charge in [0.05, 0.1) is 10.5 Å². The number of nitrogens with two attached hydrogens (primary N) is 1. The number of hydrogen-bond donors (Lipinski definition) is 1. The number of hydrogen-bond acceptors (Lipinski definition) is 4. The first-order chi connectivity index (χ1) is 7.50. The minimum atomic E-state index is -0.899. The van der Waals surface area contributed by atoms with Crippen LogP contribution < -0.4 is 10.5 Å². The van der Waals surface area contributed by atoms with Crippen LogP contribution >= 0.6 is 12.4 Å². The van der Waals surface area contributed by atoms with Gasteiger partial charge in [-0.2, -0.15) is 4.39 Å². The first-order valence-corrected chi connectivity index (χ1v) is 4.86. The molecule has 0 atom stereocenters. The summed E-state index contributed by atoms with van der Waals surface area (Å²) in [6, 6.07) is 3.46. The molecule has 0 radical (unpaired) electrons. The molecule has 1 saturated carbocycles. The molecule has 0 unspecified atom stereocenters. The van der Waals surface area contributed by atoms with Gasteiger partial charge >= 0.3 is 5.69 Å². The van der Waals surface area contributed by atoms with Crippen LogP contribution in [0.5, 0.6) is 5.75 Å². The van der Waals surface area contributed by atoms with E-state index in [4.69, 9.17) is 10.5 Å². The molecule has 2 N–H and O–H groups in total. The van der Waals surface area contributed by atoms with Crippen LogP contribution in [-0.4, -0.2) is 17.1 Å². The van der Waals surface area contributed by atoms with Crippen molar-refractivity contribution < 1.29 is 14.1 Å². The maximum atomic E-state index is 13.2. The van der Waals surface area contributed by atoms with Gasteiger partial charge in [-0.3, -0.25) is 10.1 Å². The van der Waals surface area contributed by atoms with E-state index in [1.807, 2.05) is 0 Å². The second-order valence-electron chi connectivity index (χ2n) is 4.02. The molecule has 94 valence electrons. The number of rotatable bonds is 4. The molecule has 1 aliphatic carbocycles. The van der Waals surface area contributed by atoms with Crippen molar-refractivity contribution >= 4 is 18.1 Å². The number of benzene rings is 1. The van der Waals surface area contributed by atoms with Crippen LogP contribution in [0.15, 0.2) is 18.2 Å². The Morgan fingerprint density at radius 1 is 1.53 bits per heavy atom. The minimum Gasteiger partial charge on any atom is -0.492 e. The summed E-state index contributed by atoms with van der Waals surface area (Å²) in [5.74, 6) is -0.635. The van der Waals surface area contributed by atoms with Crippen molar-refractivity contribution in [2.45, 2.75) is 18.4 Å². The molecule has 7 heteroatoms. The van der Waals surface area contributed by atoms with Crippen molar-refractivity contribution in [1.82, 2.24) is 0 Å². The first kappa shape index (κ1) is 13.7.